The van der Waals surface area contributed by atoms with Crippen molar-refractivity contribution in [1.29, 1.82) is 0 Å². The molecule has 0 radical (unpaired) electrons. The van der Waals surface area contributed by atoms with Crippen molar-refractivity contribution in [3.8, 4) is 0 Å². The van der Waals surface area contributed by atoms with E-state index in [1.54, 1.807) is 6.08 Å². The highest BCUT2D eigenvalue weighted by molar-refractivity contribution is 5.89. The van der Waals surface area contributed by atoms with Gasteiger partial charge in [0.1, 0.15) is 0 Å². The Bertz CT molecular complexity index is 263. The first-order chi connectivity index (χ1) is 7.78. The molecule has 2 heterocycles. The van der Waals surface area contributed by atoms with Crippen LogP contribution in [0.5, 0.6) is 0 Å². The highest BCUT2D eigenvalue weighted by atomic mass is 16.5. The molecule has 90 valence electrons. The molecule has 0 N–H and O–H groups in total. The minimum atomic E-state index is 0.249. The van der Waals surface area contributed by atoms with Crippen molar-refractivity contribution in [2.45, 2.75) is 44.8 Å². The van der Waals surface area contributed by atoms with Crippen molar-refractivity contribution >= 4 is 5.78 Å². The number of ketones is 1. The molecular formula is C13H21NO2. The average molecular weight is 223 g/mol. The van der Waals surface area contributed by atoms with Gasteiger partial charge >= 0.3 is 0 Å². The summed E-state index contributed by atoms with van der Waals surface area (Å²) < 4.78 is 5.76. The van der Waals surface area contributed by atoms with E-state index in [2.05, 4.69) is 4.90 Å². The second kappa shape index (κ2) is 5.60. The van der Waals surface area contributed by atoms with Crippen molar-refractivity contribution in [2.75, 3.05) is 19.6 Å². The molecule has 2 atom stereocenters. The van der Waals surface area contributed by atoms with Gasteiger partial charge < -0.3 is 4.74 Å². The van der Waals surface area contributed by atoms with Crippen LogP contribution in [0.2, 0.25) is 0 Å². The fourth-order valence-electron chi connectivity index (χ4n) is 2.51. The number of nitrogens with zero attached hydrogens (tertiary/aromatic N) is 1. The first-order valence-electron chi connectivity index (χ1n) is 6.35. The molecular weight excluding hydrogens is 202 g/mol. The molecule has 2 aliphatic rings. The molecule has 0 aliphatic carbocycles. The fourth-order valence-corrected chi connectivity index (χ4v) is 2.51. The SMILES string of the molecule is CCCC(=O)/C=C/CN1CC2CCC(C1)O2. The minimum absolute atomic E-state index is 0.249. The Hall–Kier alpha value is -0.670. The molecule has 3 heteroatoms. The Labute approximate surface area is 97.5 Å². The van der Waals surface area contributed by atoms with Gasteiger partial charge in [0.05, 0.1) is 12.2 Å². The van der Waals surface area contributed by atoms with Gasteiger partial charge in [-0.3, -0.25) is 9.69 Å². The number of hydrogen-bond acceptors (Lipinski definition) is 3. The molecule has 3 nitrogen and oxygen atoms in total. The van der Waals surface area contributed by atoms with Crippen LogP contribution in [-0.2, 0) is 9.53 Å². The molecule has 2 rings (SSSR count). The Kier molecular flexibility index (Phi) is 4.13. The summed E-state index contributed by atoms with van der Waals surface area (Å²) in [6.45, 7) is 4.99. The summed E-state index contributed by atoms with van der Waals surface area (Å²) in [5.41, 5.74) is 0. The van der Waals surface area contributed by atoms with E-state index in [4.69, 9.17) is 4.74 Å². The third-order valence-electron chi connectivity index (χ3n) is 3.28. The Morgan fingerprint density at radius 2 is 2.06 bits per heavy atom. The molecule has 0 aromatic rings. The lowest BCUT2D eigenvalue weighted by Gasteiger charge is -2.31. The molecule has 0 amide bonds. The molecule has 16 heavy (non-hydrogen) atoms. The Balaban J connectivity index is 1.72. The zero-order chi connectivity index (χ0) is 11.4. The van der Waals surface area contributed by atoms with Crippen LogP contribution >= 0.6 is 0 Å². The van der Waals surface area contributed by atoms with Gasteiger partial charge in [-0.05, 0) is 25.3 Å². The van der Waals surface area contributed by atoms with Gasteiger partial charge in [-0.15, -0.1) is 0 Å². The van der Waals surface area contributed by atoms with Gasteiger partial charge in [-0.2, -0.15) is 0 Å². The van der Waals surface area contributed by atoms with Crippen LogP contribution in [0, 0.1) is 0 Å². The van der Waals surface area contributed by atoms with Crippen LogP contribution in [-0.4, -0.2) is 42.5 Å². The zero-order valence-electron chi connectivity index (χ0n) is 10.0. The van der Waals surface area contributed by atoms with E-state index in [0.717, 1.165) is 26.1 Å². The smallest absolute Gasteiger partial charge is 0.155 e. The van der Waals surface area contributed by atoms with Gasteiger partial charge in [0, 0.05) is 26.1 Å². The van der Waals surface area contributed by atoms with E-state index in [1.807, 2.05) is 13.0 Å². The molecule has 2 saturated heterocycles. The summed E-state index contributed by atoms with van der Waals surface area (Å²) in [5, 5.41) is 0. The number of morpholine rings is 1. The minimum Gasteiger partial charge on any atom is -0.372 e. The quantitative estimate of drug-likeness (QED) is 0.665. The summed E-state index contributed by atoms with van der Waals surface area (Å²) >= 11 is 0. The molecule has 2 aliphatic heterocycles. The van der Waals surface area contributed by atoms with E-state index in [-0.39, 0.29) is 5.78 Å². The predicted molar refractivity (Wildman–Crippen MR) is 63.4 cm³/mol. The maximum atomic E-state index is 11.3. The highest BCUT2D eigenvalue weighted by Crippen LogP contribution is 2.25. The monoisotopic (exact) mass is 223 g/mol. The standard InChI is InChI=1S/C13H21NO2/c1-2-4-11(15)5-3-8-14-9-12-6-7-13(10-14)16-12/h3,5,12-13H,2,4,6-10H2,1H3/b5-3+. The van der Waals surface area contributed by atoms with Gasteiger partial charge in [0.2, 0.25) is 0 Å². The molecule has 0 aromatic carbocycles. The van der Waals surface area contributed by atoms with Crippen molar-refractivity contribution in [1.82, 2.24) is 4.90 Å². The first kappa shape index (κ1) is 11.8. The topological polar surface area (TPSA) is 29.5 Å². The van der Waals surface area contributed by atoms with Crippen LogP contribution in [0.25, 0.3) is 0 Å². The van der Waals surface area contributed by atoms with Crippen molar-refractivity contribution in [2.24, 2.45) is 0 Å². The van der Waals surface area contributed by atoms with E-state index in [1.165, 1.54) is 12.8 Å². The largest absolute Gasteiger partial charge is 0.372 e. The van der Waals surface area contributed by atoms with E-state index >= 15 is 0 Å². The van der Waals surface area contributed by atoms with E-state index < -0.39 is 0 Å². The number of rotatable bonds is 5. The molecule has 2 unspecified atom stereocenters. The van der Waals surface area contributed by atoms with Crippen LogP contribution in [0.1, 0.15) is 32.6 Å². The molecule has 0 aromatic heterocycles. The zero-order valence-corrected chi connectivity index (χ0v) is 10.0. The van der Waals surface area contributed by atoms with Crippen LogP contribution < -0.4 is 0 Å². The number of ether oxygens (including phenoxy) is 1. The van der Waals surface area contributed by atoms with Crippen molar-refractivity contribution in [3.63, 3.8) is 0 Å². The number of allylic oxidation sites excluding steroid dienone is 1. The molecule has 0 saturated carbocycles. The number of carbonyl (C=O) groups is 1. The van der Waals surface area contributed by atoms with Gasteiger partial charge in [0.25, 0.3) is 0 Å². The summed E-state index contributed by atoms with van der Waals surface area (Å²) in [6.07, 6.45) is 8.65. The molecule has 2 bridgehead atoms. The Morgan fingerprint density at radius 1 is 1.38 bits per heavy atom. The molecule has 0 spiro atoms. The predicted octanol–water partition coefficient (Wildman–Crippen LogP) is 1.77. The van der Waals surface area contributed by atoms with Crippen LogP contribution in [0.15, 0.2) is 12.2 Å². The van der Waals surface area contributed by atoms with Gasteiger partial charge in [0.15, 0.2) is 5.78 Å². The van der Waals surface area contributed by atoms with E-state index in [0.29, 0.717) is 18.6 Å². The third-order valence-corrected chi connectivity index (χ3v) is 3.28. The maximum Gasteiger partial charge on any atom is 0.155 e. The number of carbonyl (C=O) groups excluding carboxylic acids is 1. The highest BCUT2D eigenvalue weighted by Gasteiger charge is 2.32. The lowest BCUT2D eigenvalue weighted by Crippen LogP contribution is -2.42. The molecule has 2 fully saturated rings. The summed E-state index contributed by atoms with van der Waals surface area (Å²) in [5.74, 6) is 0.249. The van der Waals surface area contributed by atoms with Crippen LogP contribution in [0.4, 0.5) is 0 Å². The number of hydrogen-bond donors (Lipinski definition) is 0. The summed E-state index contributed by atoms with van der Waals surface area (Å²) in [6, 6.07) is 0. The lowest BCUT2D eigenvalue weighted by atomic mass is 10.2. The lowest BCUT2D eigenvalue weighted by molar-refractivity contribution is -0.114. The van der Waals surface area contributed by atoms with Gasteiger partial charge in [-0.1, -0.05) is 13.0 Å². The Morgan fingerprint density at radius 3 is 2.69 bits per heavy atom. The van der Waals surface area contributed by atoms with Crippen molar-refractivity contribution < 1.29 is 9.53 Å². The van der Waals surface area contributed by atoms with Gasteiger partial charge in [-0.25, -0.2) is 0 Å². The summed E-state index contributed by atoms with van der Waals surface area (Å²) in [7, 11) is 0. The fraction of sp³-hybridized carbons (Fsp3) is 0.769. The second-order valence-electron chi connectivity index (χ2n) is 4.79. The number of fused-ring (bicyclic) bond motifs is 2. The maximum absolute atomic E-state index is 11.3. The van der Waals surface area contributed by atoms with Crippen LogP contribution in [0.3, 0.4) is 0 Å². The number of likely N-dealkylation sites (tertiary alicyclic amines) is 1. The second-order valence-corrected chi connectivity index (χ2v) is 4.79. The first-order valence-corrected chi connectivity index (χ1v) is 6.35. The van der Waals surface area contributed by atoms with E-state index in [9.17, 15) is 4.79 Å². The van der Waals surface area contributed by atoms with Crippen molar-refractivity contribution in [3.05, 3.63) is 12.2 Å². The summed E-state index contributed by atoms with van der Waals surface area (Å²) in [4.78, 5) is 13.7. The normalized spacial score (nSPS) is 30.1. The average Bonchev–Trinajstić information content (AvgIpc) is 2.59. The third kappa shape index (κ3) is 3.16.